The molecule has 8 heteroatoms. The SMILES string of the molecule is Cl.O=C1CC2(CCNCC2)Oc2ccc(-c3noc(=O)[nH]3)cc21. The zero-order valence-corrected chi connectivity index (χ0v) is 13.1. The lowest BCUT2D eigenvalue weighted by molar-refractivity contribution is 0.0188. The molecule has 0 bridgehead atoms. The normalized spacial score (nSPS) is 18.9. The van der Waals surface area contributed by atoms with Crippen molar-refractivity contribution >= 4 is 18.2 Å². The van der Waals surface area contributed by atoms with Gasteiger partial charge in [-0.3, -0.25) is 14.3 Å². The van der Waals surface area contributed by atoms with E-state index in [1.165, 1.54) is 0 Å². The summed E-state index contributed by atoms with van der Waals surface area (Å²) < 4.78 is 10.6. The van der Waals surface area contributed by atoms with Gasteiger partial charge in [-0.25, -0.2) is 4.79 Å². The number of H-pyrrole nitrogens is 1. The van der Waals surface area contributed by atoms with Gasteiger partial charge in [0, 0.05) is 18.4 Å². The van der Waals surface area contributed by atoms with Gasteiger partial charge in [-0.15, -0.1) is 12.4 Å². The molecule has 2 N–H and O–H groups in total. The fraction of sp³-hybridized carbons (Fsp3) is 0.400. The monoisotopic (exact) mass is 337 g/mol. The van der Waals surface area contributed by atoms with Crippen molar-refractivity contribution < 1.29 is 14.1 Å². The van der Waals surface area contributed by atoms with E-state index in [0.29, 0.717) is 29.1 Å². The molecule has 0 unspecified atom stereocenters. The van der Waals surface area contributed by atoms with Gasteiger partial charge >= 0.3 is 5.76 Å². The number of piperidine rings is 1. The number of halogens is 1. The highest BCUT2D eigenvalue weighted by Crippen LogP contribution is 2.39. The molecule has 0 saturated carbocycles. The van der Waals surface area contributed by atoms with Crippen molar-refractivity contribution in [1.29, 1.82) is 0 Å². The number of carbonyl (C=O) groups is 1. The first-order chi connectivity index (χ1) is 10.7. The smallest absolute Gasteiger partial charge is 0.439 e. The molecule has 7 nitrogen and oxygen atoms in total. The number of nitrogens with one attached hydrogen (secondary N) is 2. The van der Waals surface area contributed by atoms with Crippen LogP contribution in [0.15, 0.2) is 27.5 Å². The van der Waals surface area contributed by atoms with E-state index in [9.17, 15) is 9.59 Å². The van der Waals surface area contributed by atoms with Crippen LogP contribution in [0.4, 0.5) is 0 Å². The molecule has 23 heavy (non-hydrogen) atoms. The fourth-order valence-corrected chi connectivity index (χ4v) is 3.16. The molecule has 0 amide bonds. The van der Waals surface area contributed by atoms with E-state index >= 15 is 0 Å². The van der Waals surface area contributed by atoms with E-state index in [2.05, 4.69) is 20.0 Å². The number of aromatic amines is 1. The van der Waals surface area contributed by atoms with E-state index in [1.54, 1.807) is 18.2 Å². The number of hydrogen-bond acceptors (Lipinski definition) is 6. The molecule has 0 atom stereocenters. The van der Waals surface area contributed by atoms with Gasteiger partial charge in [-0.05, 0) is 31.3 Å². The number of aromatic nitrogens is 2. The molecule has 1 aromatic heterocycles. The predicted octanol–water partition coefficient (Wildman–Crippen LogP) is 1.54. The van der Waals surface area contributed by atoms with Gasteiger partial charge in [-0.2, -0.15) is 0 Å². The molecule has 1 aromatic carbocycles. The largest absolute Gasteiger partial charge is 0.486 e. The number of hydrogen-bond donors (Lipinski definition) is 2. The van der Waals surface area contributed by atoms with Crippen LogP contribution in [0.1, 0.15) is 29.6 Å². The average Bonchev–Trinajstić information content (AvgIpc) is 2.94. The van der Waals surface area contributed by atoms with E-state index in [-0.39, 0.29) is 23.8 Å². The first-order valence-corrected chi connectivity index (χ1v) is 7.29. The molecule has 3 heterocycles. The summed E-state index contributed by atoms with van der Waals surface area (Å²) in [5, 5.41) is 6.92. The Morgan fingerprint density at radius 2 is 1.96 bits per heavy atom. The number of fused-ring (bicyclic) bond motifs is 1. The second-order valence-corrected chi connectivity index (χ2v) is 5.79. The summed E-state index contributed by atoms with van der Waals surface area (Å²) in [6.07, 6.45) is 2.05. The van der Waals surface area contributed by atoms with Gasteiger partial charge in [0.05, 0.1) is 12.0 Å². The van der Waals surface area contributed by atoms with E-state index in [4.69, 9.17) is 4.74 Å². The van der Waals surface area contributed by atoms with Crippen molar-refractivity contribution in [3.63, 3.8) is 0 Å². The predicted molar refractivity (Wildman–Crippen MR) is 84.2 cm³/mol. The third-order valence-corrected chi connectivity index (χ3v) is 4.32. The minimum atomic E-state index is -0.621. The average molecular weight is 338 g/mol. The maximum Gasteiger partial charge on any atom is 0.439 e. The van der Waals surface area contributed by atoms with E-state index < -0.39 is 5.76 Å². The molecule has 2 aliphatic rings. The second-order valence-electron chi connectivity index (χ2n) is 5.79. The van der Waals surface area contributed by atoms with Gasteiger partial charge in [0.1, 0.15) is 11.4 Å². The molecule has 1 spiro atoms. The Morgan fingerprint density at radius 1 is 1.17 bits per heavy atom. The van der Waals surface area contributed by atoms with Gasteiger partial charge < -0.3 is 10.1 Å². The third kappa shape index (κ3) is 2.77. The molecular formula is C15H16ClN3O4. The maximum atomic E-state index is 12.5. The van der Waals surface area contributed by atoms with E-state index in [0.717, 1.165) is 25.9 Å². The van der Waals surface area contributed by atoms with Crippen molar-refractivity contribution in [3.8, 4) is 17.1 Å². The molecule has 0 aliphatic carbocycles. The molecule has 122 valence electrons. The van der Waals surface area contributed by atoms with Crippen molar-refractivity contribution in [2.75, 3.05) is 13.1 Å². The van der Waals surface area contributed by atoms with Gasteiger partial charge in [0.15, 0.2) is 11.6 Å². The zero-order valence-electron chi connectivity index (χ0n) is 12.3. The summed E-state index contributed by atoms with van der Waals surface area (Å²) in [4.78, 5) is 26.0. The Hall–Kier alpha value is -2.12. The topological polar surface area (TPSA) is 97.2 Å². The quantitative estimate of drug-likeness (QED) is 0.819. The van der Waals surface area contributed by atoms with Crippen molar-refractivity contribution in [1.82, 2.24) is 15.5 Å². The summed E-state index contributed by atoms with van der Waals surface area (Å²) in [5.74, 6) is 0.357. The molecule has 1 saturated heterocycles. The molecule has 2 aliphatic heterocycles. The first kappa shape index (κ1) is 15.8. The van der Waals surface area contributed by atoms with Crippen LogP contribution in [0.2, 0.25) is 0 Å². The molecule has 2 aromatic rings. The minimum absolute atomic E-state index is 0. The van der Waals surface area contributed by atoms with Gasteiger partial charge in [0.2, 0.25) is 0 Å². The van der Waals surface area contributed by atoms with Crippen molar-refractivity contribution in [3.05, 3.63) is 34.3 Å². The summed E-state index contributed by atoms with van der Waals surface area (Å²) in [5.41, 5.74) is 0.785. The Labute approximate surface area is 137 Å². The lowest BCUT2D eigenvalue weighted by Gasteiger charge is -2.40. The van der Waals surface area contributed by atoms with Gasteiger partial charge in [-0.1, -0.05) is 5.16 Å². The van der Waals surface area contributed by atoms with Crippen molar-refractivity contribution in [2.45, 2.75) is 24.9 Å². The number of ether oxygens (including phenoxy) is 1. The first-order valence-electron chi connectivity index (χ1n) is 7.29. The third-order valence-electron chi connectivity index (χ3n) is 4.32. The second kappa shape index (κ2) is 5.82. The summed E-state index contributed by atoms with van der Waals surface area (Å²) >= 11 is 0. The summed E-state index contributed by atoms with van der Waals surface area (Å²) in [7, 11) is 0. The van der Waals surface area contributed by atoms with Crippen molar-refractivity contribution in [2.24, 2.45) is 0 Å². The fourth-order valence-electron chi connectivity index (χ4n) is 3.16. The number of nitrogens with zero attached hydrogens (tertiary/aromatic N) is 1. The van der Waals surface area contributed by atoms with Crippen LogP contribution in [-0.2, 0) is 0 Å². The Morgan fingerprint density at radius 3 is 2.65 bits per heavy atom. The maximum absolute atomic E-state index is 12.5. The van der Waals surface area contributed by atoms with Crippen LogP contribution < -0.4 is 15.8 Å². The number of rotatable bonds is 1. The number of carbonyl (C=O) groups excluding carboxylic acids is 1. The van der Waals surface area contributed by atoms with Crippen LogP contribution in [0.5, 0.6) is 5.75 Å². The lowest BCUT2D eigenvalue weighted by atomic mass is 9.83. The number of ketones is 1. The minimum Gasteiger partial charge on any atom is -0.486 e. The standard InChI is InChI=1S/C15H15N3O4.ClH/c19-11-8-15(3-5-16-6-4-15)21-12-2-1-9(7-10(11)12)13-17-14(20)22-18-13;/h1-2,7,16H,3-6,8H2,(H,17,18,20);1H. The lowest BCUT2D eigenvalue weighted by Crippen LogP contribution is -2.49. The number of Topliss-reactive ketones (excluding diaryl/α,β-unsaturated/α-hetero) is 1. The highest BCUT2D eigenvalue weighted by Gasteiger charge is 2.41. The van der Waals surface area contributed by atoms with Crippen LogP contribution in [-0.4, -0.2) is 34.6 Å². The molecule has 4 rings (SSSR count). The summed E-state index contributed by atoms with van der Waals surface area (Å²) in [6, 6.07) is 5.22. The number of benzene rings is 1. The van der Waals surface area contributed by atoms with E-state index in [1.807, 2.05) is 0 Å². The molecular weight excluding hydrogens is 322 g/mol. The van der Waals surface area contributed by atoms with Crippen LogP contribution in [0, 0.1) is 0 Å². The summed E-state index contributed by atoms with van der Waals surface area (Å²) in [6.45, 7) is 1.72. The van der Waals surface area contributed by atoms with Crippen LogP contribution in [0.25, 0.3) is 11.4 Å². The molecule has 0 radical (unpaired) electrons. The Bertz CT molecular complexity index is 792. The van der Waals surface area contributed by atoms with Crippen LogP contribution >= 0.6 is 12.4 Å². The Balaban J connectivity index is 0.00000156. The molecule has 1 fully saturated rings. The van der Waals surface area contributed by atoms with Crippen LogP contribution in [0.3, 0.4) is 0 Å². The zero-order chi connectivity index (χ0) is 15.2. The van der Waals surface area contributed by atoms with Gasteiger partial charge in [0.25, 0.3) is 0 Å². The highest BCUT2D eigenvalue weighted by atomic mass is 35.5. The Kier molecular flexibility index (Phi) is 3.99. The highest BCUT2D eigenvalue weighted by molar-refractivity contribution is 6.01.